The highest BCUT2D eigenvalue weighted by Gasteiger charge is 2.68. The lowest BCUT2D eigenvalue weighted by Gasteiger charge is -2.36. The molecule has 36 heteroatoms. The molecule has 0 amide bonds. The number of hydrogen-bond acceptors (Lipinski definition) is 15. The van der Waals surface area contributed by atoms with Crippen molar-refractivity contribution in [3.8, 4) is 0 Å². The third kappa shape index (κ3) is 29.8. The van der Waals surface area contributed by atoms with Crippen molar-refractivity contribution in [3.63, 3.8) is 0 Å². The minimum absolute atomic E-state index is 0.00386. The molecule has 11 rings (SSSR count). The summed E-state index contributed by atoms with van der Waals surface area (Å²) in [6.07, 6.45) is 9.90. The number of alkyl halides is 7. The van der Waals surface area contributed by atoms with Crippen molar-refractivity contribution in [2.45, 2.75) is 82.8 Å². The summed E-state index contributed by atoms with van der Waals surface area (Å²) in [6, 6.07) is 51.3. The number of benzene rings is 5. The van der Waals surface area contributed by atoms with E-state index in [0.717, 1.165) is 49.0 Å². The van der Waals surface area contributed by atoms with E-state index in [4.69, 9.17) is 223 Å². The van der Waals surface area contributed by atoms with Crippen molar-refractivity contribution in [3.05, 3.63) is 319 Å². The molecule has 0 aliphatic carbocycles. The van der Waals surface area contributed by atoms with Crippen LogP contribution < -0.4 is 21.9 Å². The van der Waals surface area contributed by atoms with Crippen LogP contribution in [0.5, 0.6) is 0 Å². The van der Waals surface area contributed by atoms with E-state index < -0.39 is 70.1 Å². The Hall–Kier alpha value is -4.19. The Bertz CT molecular complexity index is 4860. The molecule has 0 spiro atoms. The van der Waals surface area contributed by atoms with Gasteiger partial charge in [-0.2, -0.15) is 25.9 Å². The number of hydrogen-bond donors (Lipinski definition) is 4. The summed E-state index contributed by atoms with van der Waals surface area (Å²) in [7, 11) is -8.57. The summed E-state index contributed by atoms with van der Waals surface area (Å²) in [6.45, 7) is 7.44. The molecule has 7 unspecified atom stereocenters. The van der Waals surface area contributed by atoms with Crippen LogP contribution in [0.15, 0.2) is 213 Å². The van der Waals surface area contributed by atoms with Gasteiger partial charge in [-0.3, -0.25) is 13.2 Å². The number of allylic oxidation sites excluding steroid dienone is 1. The predicted molar refractivity (Wildman–Crippen MR) is 455 cm³/mol. The second kappa shape index (κ2) is 42.6. The fraction of sp³-hybridized carbons (Fsp3) is 0.216. The highest BCUT2D eigenvalue weighted by atomic mass is 35.6. The first-order valence-corrected chi connectivity index (χ1v) is 41.1. The van der Waals surface area contributed by atoms with Gasteiger partial charge in [-0.15, -0.1) is 11.6 Å². The molecule has 1 aliphatic rings. The van der Waals surface area contributed by atoms with Crippen LogP contribution in [0.2, 0.25) is 50.9 Å². The second-order valence-electron chi connectivity index (χ2n) is 24.3. The molecule has 7 N–H and O–H groups in total. The van der Waals surface area contributed by atoms with Gasteiger partial charge in [0.2, 0.25) is 7.59 Å². The average Bonchev–Trinajstić information content (AvgIpc) is 1.52. The summed E-state index contributed by atoms with van der Waals surface area (Å²) < 4.78 is 60.2. The smallest absolute Gasteiger partial charge is 0.322 e. The van der Waals surface area contributed by atoms with Crippen LogP contribution in [0.25, 0.3) is 11.6 Å². The van der Waals surface area contributed by atoms with Gasteiger partial charge in [-0.05, 0) is 187 Å². The van der Waals surface area contributed by atoms with Gasteiger partial charge in [0.1, 0.15) is 39.0 Å². The largest absolute Gasteiger partial charge is 0.340 e. The minimum Gasteiger partial charge on any atom is -0.322 e. The van der Waals surface area contributed by atoms with E-state index in [1.54, 1.807) is 129 Å². The number of Topliss-reactive ketones (excluding diaryl/α,β-unsaturated/α-hetero) is 1. The lowest BCUT2D eigenvalue weighted by atomic mass is 9.83. The zero-order valence-corrected chi connectivity index (χ0v) is 72.6. The van der Waals surface area contributed by atoms with Crippen LogP contribution in [0.4, 0.5) is 0 Å². The van der Waals surface area contributed by atoms with Crippen molar-refractivity contribution in [1.29, 1.82) is 0 Å². The van der Waals surface area contributed by atoms with Gasteiger partial charge in [-0.25, -0.2) is 24.9 Å². The van der Waals surface area contributed by atoms with Crippen molar-refractivity contribution in [1.82, 2.24) is 33.9 Å². The minimum atomic E-state index is -4.36. The fourth-order valence-electron chi connectivity index (χ4n) is 9.96. The molecule has 17 nitrogen and oxygen atoms in total. The van der Waals surface area contributed by atoms with Gasteiger partial charge >= 0.3 is 20.6 Å². The Balaban J connectivity index is 0.000000214. The molecule has 110 heavy (non-hydrogen) atoms. The summed E-state index contributed by atoms with van der Waals surface area (Å²) in [5, 5.41) is 5.10. The van der Waals surface area contributed by atoms with E-state index in [-0.39, 0.29) is 17.0 Å². The molecule has 10 aromatic rings. The number of carbonyl (C=O) groups excluding carboxylic acids is 1. The van der Waals surface area contributed by atoms with Crippen molar-refractivity contribution >= 4 is 235 Å². The highest BCUT2D eigenvalue weighted by molar-refractivity contribution is 7.85. The van der Waals surface area contributed by atoms with E-state index in [9.17, 15) is 21.6 Å². The number of nitrogens with zero attached hydrogens (tertiary/aromatic N) is 6. The van der Waals surface area contributed by atoms with Crippen molar-refractivity contribution in [2.75, 3.05) is 13.2 Å². The molecule has 1 aliphatic heterocycles. The van der Waals surface area contributed by atoms with Crippen LogP contribution in [-0.4, -0.2) is 72.6 Å². The lowest BCUT2D eigenvalue weighted by Crippen LogP contribution is -2.51. The Morgan fingerprint density at radius 1 is 0.509 bits per heavy atom. The van der Waals surface area contributed by atoms with Crippen molar-refractivity contribution in [2.24, 2.45) is 17.2 Å². The van der Waals surface area contributed by atoms with Crippen LogP contribution in [0, 0.1) is 0 Å². The van der Waals surface area contributed by atoms with Gasteiger partial charge in [0, 0.05) is 67.5 Å². The Morgan fingerprint density at radius 3 is 1.29 bits per heavy atom. The molecule has 0 saturated carbocycles. The first kappa shape index (κ1) is 94.7. The maximum atomic E-state index is 12.8. The van der Waals surface area contributed by atoms with Gasteiger partial charge in [0.05, 0.1) is 34.7 Å². The predicted octanol–water partition coefficient (Wildman–Crippen LogP) is 23.0. The molecule has 6 heterocycles. The van der Waals surface area contributed by atoms with E-state index in [0.29, 0.717) is 63.8 Å². The Labute approximate surface area is 724 Å². The number of halogens is 17. The molecule has 586 valence electrons. The third-order valence-electron chi connectivity index (χ3n) is 16.0. The average molecular weight is 1880 g/mol. The summed E-state index contributed by atoms with van der Waals surface area (Å²) in [5.41, 5.74) is 25.2. The Kier molecular flexibility index (Phi) is 36.7. The SMILES string of the molecule is C/C(=C\c1ccc(Cl)cc1)c1ccc(Cl)nc1.CC(=O)c1ccc(Cl)nc1.CC(N)(c1ccc(Cl)nc1)C(N)c1ccc(Cl)cc1.CC(NS(=O)(=O)OCC(Cl)(Cl)Cl)(c1ccc(Cl)nc1)C(N)c1ccc(Cl)cc1.CC1(c2ccc(Cl)nc2)C(c2ccc(Cl)cc2)N1S(=O)(=O)OCC(Cl)(Cl)Cl.ClCc1ccc(Cl)cc1. The third-order valence-corrected chi connectivity index (χ3v) is 22.0. The van der Waals surface area contributed by atoms with Crippen LogP contribution >= 0.6 is 197 Å². The van der Waals surface area contributed by atoms with Gasteiger partial charge < -0.3 is 17.2 Å². The van der Waals surface area contributed by atoms with Crippen LogP contribution in [0.1, 0.15) is 113 Å². The molecule has 1 saturated heterocycles. The Morgan fingerprint density at radius 2 is 0.891 bits per heavy atom. The lowest BCUT2D eigenvalue weighted by molar-refractivity contribution is 0.101. The molecular weight excluding hydrogens is 1810 g/mol. The van der Waals surface area contributed by atoms with Crippen LogP contribution in [-0.2, 0) is 51.5 Å². The van der Waals surface area contributed by atoms with Gasteiger partial charge in [0.25, 0.3) is 0 Å². The summed E-state index contributed by atoms with van der Waals surface area (Å²) >= 11 is 97.0. The van der Waals surface area contributed by atoms with E-state index in [2.05, 4.69) is 35.7 Å². The summed E-state index contributed by atoms with van der Waals surface area (Å²) in [4.78, 5) is 30.6. The van der Waals surface area contributed by atoms with E-state index in [1.165, 1.54) is 35.9 Å². The zero-order chi connectivity index (χ0) is 81.7. The number of ketones is 1. The zero-order valence-electron chi connectivity index (χ0n) is 58.2. The number of nitrogens with two attached hydrogens (primary N) is 3. The maximum absolute atomic E-state index is 12.8. The van der Waals surface area contributed by atoms with E-state index >= 15 is 0 Å². The second-order valence-corrected chi connectivity index (χ2v) is 36.5. The molecule has 5 aromatic carbocycles. The normalized spacial score (nSPS) is 16.4. The first-order valence-electron chi connectivity index (χ1n) is 31.8. The molecule has 5 aromatic heterocycles. The molecular formula is C74H67Cl17N10O7S2. The van der Waals surface area contributed by atoms with Crippen molar-refractivity contribution < 1.29 is 30.0 Å². The fourth-order valence-corrected chi connectivity index (χ4v) is 14.8. The number of aromatic nitrogens is 5. The number of rotatable bonds is 19. The number of pyridine rings is 5. The number of nitrogens with one attached hydrogen (secondary N) is 1. The maximum Gasteiger partial charge on any atom is 0.340 e. The molecule has 1 fully saturated rings. The van der Waals surface area contributed by atoms with Gasteiger partial charge in [-0.1, -0.05) is 277 Å². The first-order chi connectivity index (χ1) is 51.4. The monoisotopic (exact) mass is 1870 g/mol. The quantitative estimate of drug-likeness (QED) is 0.0254. The van der Waals surface area contributed by atoms with Gasteiger partial charge in [0.15, 0.2) is 5.78 Å². The van der Waals surface area contributed by atoms with E-state index in [1.807, 2.05) is 86.6 Å². The number of carbonyl (C=O) groups is 1. The molecule has 7 atom stereocenters. The topological polar surface area (TPSA) is 261 Å². The summed E-state index contributed by atoms with van der Waals surface area (Å²) in [5.74, 6) is 0.557. The highest BCUT2D eigenvalue weighted by Crippen LogP contribution is 2.62. The molecule has 0 bridgehead atoms. The standard InChI is InChI=1S/C16H16Cl5N3O3S.C16H13Cl5N2O3S.C14H15Cl2N3.C14H11Cl2N.C7H6Cl2.C7H6ClNO/c1-15(11-4-7-13(18)23-8-11,14(22)10-2-5-12(17)6-3-10)24-28(25,26)27-9-16(19,20)21;1-15(11-4-7-13(18)22-8-11)14(10-2-5-12(17)6-3-10)23(15)27(24,25)26-9-16(19,20)21;1-14(18,10-4-7-12(16)19-8-10)13(17)9-2-5-11(15)6-3-9;1-10(12-4-7-14(16)17-9-12)8-11-2-5-13(15)6-3-11;8-5-6-1-3-7(9)4-2-6;1-5(10)6-2-3-7(8)9-4-6/h2-8,14,24H,9,22H2,1H3;2-8,14H,9H2,1H3;2-8,13H,17-18H2,1H3;2-9H,1H3;1-4H,5H2;2-4H,1H3/b;;;10-8+;;. The molecule has 0 radical (unpaired) electrons. The van der Waals surface area contributed by atoms with Crippen LogP contribution in [0.3, 0.4) is 0 Å².